The molecule has 0 aliphatic carbocycles. The fraction of sp³-hybridized carbons (Fsp3) is 0.320. The first-order chi connectivity index (χ1) is 15.0. The summed E-state index contributed by atoms with van der Waals surface area (Å²) in [6.07, 6.45) is 2.86. The van der Waals surface area contributed by atoms with Gasteiger partial charge in [-0.3, -0.25) is 14.6 Å². The highest BCUT2D eigenvalue weighted by Gasteiger charge is 2.46. The molecule has 3 heterocycles. The SMILES string of the molecule is CC(C)NC(=O)[C@@]1(Cc2ccc(-c3cccs3)cc2)CCN(C(=O)c2ccccn2)C1. The van der Waals surface area contributed by atoms with Crippen LogP contribution in [-0.4, -0.2) is 40.8 Å². The van der Waals surface area contributed by atoms with Gasteiger partial charge in [0.2, 0.25) is 5.91 Å². The molecule has 1 aliphatic heterocycles. The number of aromatic nitrogens is 1. The normalized spacial score (nSPS) is 18.4. The van der Waals surface area contributed by atoms with E-state index >= 15 is 0 Å². The van der Waals surface area contributed by atoms with Crippen LogP contribution in [0.4, 0.5) is 0 Å². The number of pyridine rings is 1. The standard InChI is InChI=1S/C25H27N3O2S/c1-18(2)27-24(30)25(12-14-28(17-25)23(29)21-6-3-4-13-26-21)16-19-8-10-20(11-9-19)22-7-5-15-31-22/h3-11,13,15,18H,12,14,16-17H2,1-2H3,(H,27,30)/t25-/m1/s1. The summed E-state index contributed by atoms with van der Waals surface area (Å²) in [5.74, 6) is -0.103. The highest BCUT2D eigenvalue weighted by atomic mass is 32.1. The molecule has 0 radical (unpaired) electrons. The van der Waals surface area contributed by atoms with Gasteiger partial charge >= 0.3 is 0 Å². The first-order valence-corrected chi connectivity index (χ1v) is 11.5. The van der Waals surface area contributed by atoms with Crippen LogP contribution in [0.15, 0.2) is 66.2 Å². The third kappa shape index (κ3) is 4.69. The molecule has 3 aromatic rings. The minimum Gasteiger partial charge on any atom is -0.353 e. The van der Waals surface area contributed by atoms with Crippen LogP contribution in [0.25, 0.3) is 10.4 Å². The number of carbonyl (C=O) groups is 2. The molecule has 0 spiro atoms. The summed E-state index contributed by atoms with van der Waals surface area (Å²) in [6, 6.07) is 17.9. The van der Waals surface area contributed by atoms with Crippen molar-refractivity contribution in [1.29, 1.82) is 0 Å². The van der Waals surface area contributed by atoms with Gasteiger partial charge in [0, 0.05) is 30.2 Å². The molecule has 0 unspecified atom stereocenters. The summed E-state index contributed by atoms with van der Waals surface area (Å²) in [7, 11) is 0. The van der Waals surface area contributed by atoms with E-state index in [1.165, 1.54) is 10.4 Å². The first-order valence-electron chi connectivity index (χ1n) is 10.6. The molecular weight excluding hydrogens is 406 g/mol. The summed E-state index contributed by atoms with van der Waals surface area (Å²) < 4.78 is 0. The predicted molar refractivity (Wildman–Crippen MR) is 124 cm³/mol. The average Bonchev–Trinajstić information content (AvgIpc) is 3.45. The number of nitrogens with zero attached hydrogens (tertiary/aromatic N) is 2. The van der Waals surface area contributed by atoms with Gasteiger partial charge in [0.05, 0.1) is 5.41 Å². The maximum absolute atomic E-state index is 13.3. The third-order valence-corrected chi connectivity index (χ3v) is 6.65. The summed E-state index contributed by atoms with van der Waals surface area (Å²) in [6.45, 7) is 4.88. The van der Waals surface area contributed by atoms with Crippen LogP contribution in [-0.2, 0) is 11.2 Å². The first kappa shape index (κ1) is 21.2. The number of hydrogen-bond acceptors (Lipinski definition) is 4. The molecule has 1 saturated heterocycles. The molecule has 4 rings (SSSR count). The van der Waals surface area contributed by atoms with Gasteiger partial charge in [-0.05, 0) is 61.4 Å². The van der Waals surface area contributed by atoms with Crippen molar-refractivity contribution in [2.24, 2.45) is 5.41 Å². The Morgan fingerprint density at radius 2 is 1.94 bits per heavy atom. The Kier molecular flexibility index (Phi) is 6.18. The fourth-order valence-corrected chi connectivity index (χ4v) is 4.88. The molecule has 0 bridgehead atoms. The largest absolute Gasteiger partial charge is 0.353 e. The number of hydrogen-bond donors (Lipinski definition) is 1. The van der Waals surface area contributed by atoms with Crippen molar-refractivity contribution in [2.45, 2.75) is 32.7 Å². The van der Waals surface area contributed by atoms with Crippen molar-refractivity contribution < 1.29 is 9.59 Å². The molecule has 1 fully saturated rings. The highest BCUT2D eigenvalue weighted by molar-refractivity contribution is 7.13. The number of benzene rings is 1. The van der Waals surface area contributed by atoms with E-state index in [1.54, 1.807) is 34.6 Å². The van der Waals surface area contributed by atoms with Crippen molar-refractivity contribution in [3.63, 3.8) is 0 Å². The zero-order valence-corrected chi connectivity index (χ0v) is 18.7. The Hall–Kier alpha value is -2.99. The molecule has 2 aromatic heterocycles. The van der Waals surface area contributed by atoms with Gasteiger partial charge in [0.1, 0.15) is 5.69 Å². The van der Waals surface area contributed by atoms with E-state index in [0.29, 0.717) is 31.6 Å². The maximum atomic E-state index is 13.3. The Labute approximate surface area is 187 Å². The zero-order chi connectivity index (χ0) is 21.8. The summed E-state index contributed by atoms with van der Waals surface area (Å²) in [5, 5.41) is 5.16. The van der Waals surface area contributed by atoms with Crippen LogP contribution < -0.4 is 5.32 Å². The molecule has 160 valence electrons. The lowest BCUT2D eigenvalue weighted by Crippen LogP contribution is -2.47. The Balaban J connectivity index is 1.56. The second-order valence-corrected chi connectivity index (χ2v) is 9.40. The quantitative estimate of drug-likeness (QED) is 0.626. The van der Waals surface area contributed by atoms with Crippen molar-refractivity contribution in [3.05, 3.63) is 77.4 Å². The van der Waals surface area contributed by atoms with Gasteiger partial charge in [-0.2, -0.15) is 0 Å². The number of rotatable bonds is 6. The molecule has 5 nitrogen and oxygen atoms in total. The van der Waals surface area contributed by atoms with Gasteiger partial charge < -0.3 is 10.2 Å². The summed E-state index contributed by atoms with van der Waals surface area (Å²) in [4.78, 5) is 33.4. The molecule has 31 heavy (non-hydrogen) atoms. The van der Waals surface area contributed by atoms with E-state index in [-0.39, 0.29) is 17.9 Å². The van der Waals surface area contributed by atoms with E-state index in [4.69, 9.17) is 0 Å². The molecule has 1 aliphatic rings. The maximum Gasteiger partial charge on any atom is 0.272 e. The second-order valence-electron chi connectivity index (χ2n) is 8.45. The highest BCUT2D eigenvalue weighted by Crippen LogP contribution is 2.36. The van der Waals surface area contributed by atoms with Gasteiger partial charge in [-0.25, -0.2) is 0 Å². The van der Waals surface area contributed by atoms with Crippen molar-refractivity contribution in [2.75, 3.05) is 13.1 Å². The van der Waals surface area contributed by atoms with Crippen LogP contribution in [0.5, 0.6) is 0 Å². The average molecular weight is 434 g/mol. The van der Waals surface area contributed by atoms with E-state index in [1.807, 2.05) is 26.0 Å². The number of thiophene rings is 1. The molecule has 2 amide bonds. The molecule has 1 atom stereocenters. The lowest BCUT2D eigenvalue weighted by Gasteiger charge is -2.29. The number of carbonyl (C=O) groups excluding carboxylic acids is 2. The van der Waals surface area contributed by atoms with Crippen LogP contribution in [0, 0.1) is 5.41 Å². The third-order valence-electron chi connectivity index (χ3n) is 5.73. The summed E-state index contributed by atoms with van der Waals surface area (Å²) >= 11 is 1.71. The second kappa shape index (κ2) is 9.02. The lowest BCUT2D eigenvalue weighted by molar-refractivity contribution is -0.130. The van der Waals surface area contributed by atoms with Gasteiger partial charge in [0.15, 0.2) is 0 Å². The van der Waals surface area contributed by atoms with Gasteiger partial charge in [-0.1, -0.05) is 36.4 Å². The lowest BCUT2D eigenvalue weighted by atomic mass is 9.79. The summed E-state index contributed by atoms with van der Waals surface area (Å²) in [5.41, 5.74) is 2.06. The zero-order valence-electron chi connectivity index (χ0n) is 17.9. The Bertz CT molecular complexity index is 1030. The van der Waals surface area contributed by atoms with Crippen LogP contribution in [0.2, 0.25) is 0 Å². The van der Waals surface area contributed by atoms with Crippen LogP contribution >= 0.6 is 11.3 Å². The minimum atomic E-state index is -0.640. The Morgan fingerprint density at radius 1 is 1.13 bits per heavy atom. The smallest absolute Gasteiger partial charge is 0.272 e. The van der Waals surface area contributed by atoms with Gasteiger partial charge in [-0.15, -0.1) is 11.3 Å². The Morgan fingerprint density at radius 3 is 2.58 bits per heavy atom. The molecule has 0 saturated carbocycles. The number of amides is 2. The van der Waals surface area contributed by atoms with E-state index in [0.717, 1.165) is 5.56 Å². The van der Waals surface area contributed by atoms with Crippen LogP contribution in [0.1, 0.15) is 36.3 Å². The molecular formula is C25H27N3O2S. The van der Waals surface area contributed by atoms with E-state index < -0.39 is 5.41 Å². The molecule has 6 heteroatoms. The monoisotopic (exact) mass is 433 g/mol. The fourth-order valence-electron chi connectivity index (χ4n) is 4.14. The van der Waals surface area contributed by atoms with Gasteiger partial charge in [0.25, 0.3) is 5.91 Å². The van der Waals surface area contributed by atoms with Crippen molar-refractivity contribution in [1.82, 2.24) is 15.2 Å². The van der Waals surface area contributed by atoms with Crippen molar-refractivity contribution in [3.8, 4) is 10.4 Å². The topological polar surface area (TPSA) is 62.3 Å². The molecule has 1 N–H and O–H groups in total. The van der Waals surface area contributed by atoms with E-state index in [9.17, 15) is 9.59 Å². The van der Waals surface area contributed by atoms with Crippen molar-refractivity contribution >= 4 is 23.2 Å². The number of likely N-dealkylation sites (tertiary alicyclic amines) is 1. The molecule has 1 aromatic carbocycles. The van der Waals surface area contributed by atoms with Crippen LogP contribution in [0.3, 0.4) is 0 Å². The number of nitrogens with one attached hydrogen (secondary N) is 1. The van der Waals surface area contributed by atoms with E-state index in [2.05, 4.69) is 46.0 Å². The minimum absolute atomic E-state index is 0.0150. The predicted octanol–water partition coefficient (Wildman–Crippen LogP) is 4.41.